The molecule has 1 saturated heterocycles. The van der Waals surface area contributed by atoms with Crippen molar-refractivity contribution in [3.63, 3.8) is 0 Å². The molecule has 1 aliphatic carbocycles. The first-order chi connectivity index (χ1) is 11.5. The minimum absolute atomic E-state index is 0.0170. The van der Waals surface area contributed by atoms with E-state index in [4.69, 9.17) is 0 Å². The van der Waals surface area contributed by atoms with Gasteiger partial charge in [-0.25, -0.2) is 0 Å². The Morgan fingerprint density at radius 2 is 2.17 bits per heavy atom. The normalized spacial score (nSPS) is 20.9. The molecule has 24 heavy (non-hydrogen) atoms. The van der Waals surface area contributed by atoms with Gasteiger partial charge in [0, 0.05) is 44.3 Å². The number of piperazine rings is 1. The standard InChI is InChI=1S/C17H27N5O2/c1-12-10-13(2)22(20-12)8-3-4-16(23)21-9-7-18-11-15(21)17(24)19-14-5-6-14/h10,14-15,18H,3-9,11H2,1-2H3,(H,19,24). The van der Waals surface area contributed by atoms with Gasteiger partial charge in [0.15, 0.2) is 0 Å². The molecule has 1 saturated carbocycles. The van der Waals surface area contributed by atoms with E-state index in [0.29, 0.717) is 25.6 Å². The highest BCUT2D eigenvalue weighted by atomic mass is 16.2. The predicted octanol–water partition coefficient (Wildman–Crippen LogP) is 0.359. The SMILES string of the molecule is Cc1cc(C)n(CCCC(=O)N2CCNCC2C(=O)NC2CC2)n1. The number of rotatable bonds is 6. The molecule has 2 heterocycles. The molecule has 0 aromatic carbocycles. The van der Waals surface area contributed by atoms with Crippen LogP contribution in [0.1, 0.15) is 37.1 Å². The van der Waals surface area contributed by atoms with Crippen LogP contribution in [0.5, 0.6) is 0 Å². The van der Waals surface area contributed by atoms with Crippen molar-refractivity contribution in [2.45, 2.75) is 58.2 Å². The molecular formula is C17H27N5O2. The molecule has 1 aromatic heterocycles. The van der Waals surface area contributed by atoms with E-state index in [1.807, 2.05) is 24.6 Å². The van der Waals surface area contributed by atoms with Crippen LogP contribution in [0.25, 0.3) is 0 Å². The van der Waals surface area contributed by atoms with Crippen molar-refractivity contribution in [2.75, 3.05) is 19.6 Å². The number of nitrogens with one attached hydrogen (secondary N) is 2. The summed E-state index contributed by atoms with van der Waals surface area (Å²) < 4.78 is 1.94. The topological polar surface area (TPSA) is 79.3 Å². The molecule has 2 N–H and O–H groups in total. The van der Waals surface area contributed by atoms with Crippen molar-refractivity contribution in [2.24, 2.45) is 0 Å². The van der Waals surface area contributed by atoms with Crippen molar-refractivity contribution in [1.82, 2.24) is 25.3 Å². The molecule has 0 radical (unpaired) electrons. The lowest BCUT2D eigenvalue weighted by Crippen LogP contribution is -2.59. The number of aromatic nitrogens is 2. The van der Waals surface area contributed by atoms with E-state index in [1.165, 1.54) is 0 Å². The van der Waals surface area contributed by atoms with Crippen molar-refractivity contribution in [1.29, 1.82) is 0 Å². The summed E-state index contributed by atoms with van der Waals surface area (Å²) in [6.07, 6.45) is 3.30. The number of carbonyl (C=O) groups excluding carboxylic acids is 2. The molecule has 7 nitrogen and oxygen atoms in total. The summed E-state index contributed by atoms with van der Waals surface area (Å²) in [5.74, 6) is 0.0468. The van der Waals surface area contributed by atoms with Crippen molar-refractivity contribution in [3.8, 4) is 0 Å². The van der Waals surface area contributed by atoms with Crippen molar-refractivity contribution in [3.05, 3.63) is 17.5 Å². The summed E-state index contributed by atoms with van der Waals surface area (Å²) in [7, 11) is 0. The Balaban J connectivity index is 1.51. The summed E-state index contributed by atoms with van der Waals surface area (Å²) in [5.41, 5.74) is 2.11. The molecule has 0 spiro atoms. The third kappa shape index (κ3) is 4.14. The lowest BCUT2D eigenvalue weighted by atomic mass is 10.1. The predicted molar refractivity (Wildman–Crippen MR) is 90.5 cm³/mol. The van der Waals surface area contributed by atoms with Gasteiger partial charge in [-0.2, -0.15) is 5.10 Å². The second-order valence-corrected chi connectivity index (χ2v) is 6.84. The fraction of sp³-hybridized carbons (Fsp3) is 0.706. The summed E-state index contributed by atoms with van der Waals surface area (Å²) in [4.78, 5) is 26.7. The molecule has 2 fully saturated rings. The van der Waals surface area contributed by atoms with Gasteiger partial charge in [0.25, 0.3) is 0 Å². The molecule has 1 atom stereocenters. The van der Waals surface area contributed by atoms with Crippen molar-refractivity contribution < 1.29 is 9.59 Å². The zero-order valence-corrected chi connectivity index (χ0v) is 14.5. The van der Waals surface area contributed by atoms with Crippen LogP contribution in [0, 0.1) is 13.8 Å². The maximum Gasteiger partial charge on any atom is 0.244 e. The summed E-state index contributed by atoms with van der Waals surface area (Å²) in [5, 5.41) is 10.7. The van der Waals surface area contributed by atoms with Crippen LogP contribution in [-0.2, 0) is 16.1 Å². The number of nitrogens with zero attached hydrogens (tertiary/aromatic N) is 3. The highest BCUT2D eigenvalue weighted by Gasteiger charge is 2.34. The van der Waals surface area contributed by atoms with Gasteiger partial charge < -0.3 is 15.5 Å². The third-order valence-corrected chi connectivity index (χ3v) is 4.65. The average Bonchev–Trinajstić information content (AvgIpc) is 3.31. The number of carbonyl (C=O) groups is 2. The zero-order chi connectivity index (χ0) is 17.1. The number of amides is 2. The Bertz CT molecular complexity index is 608. The van der Waals surface area contributed by atoms with Crippen LogP contribution in [-0.4, -0.2) is 58.2 Å². The molecule has 0 bridgehead atoms. The molecule has 1 aliphatic heterocycles. The molecule has 1 aromatic rings. The molecular weight excluding hydrogens is 306 g/mol. The Morgan fingerprint density at radius 1 is 1.38 bits per heavy atom. The lowest BCUT2D eigenvalue weighted by Gasteiger charge is -2.35. The van der Waals surface area contributed by atoms with Gasteiger partial charge in [-0.3, -0.25) is 14.3 Å². The maximum atomic E-state index is 12.6. The maximum absolute atomic E-state index is 12.6. The van der Waals surface area contributed by atoms with E-state index in [0.717, 1.165) is 43.7 Å². The minimum Gasteiger partial charge on any atom is -0.352 e. The fourth-order valence-corrected chi connectivity index (χ4v) is 3.19. The number of hydrogen-bond acceptors (Lipinski definition) is 4. The van der Waals surface area contributed by atoms with E-state index in [9.17, 15) is 9.59 Å². The molecule has 2 amide bonds. The highest BCUT2D eigenvalue weighted by molar-refractivity contribution is 5.88. The zero-order valence-electron chi connectivity index (χ0n) is 14.5. The van der Waals surface area contributed by atoms with Gasteiger partial charge in [0.1, 0.15) is 6.04 Å². The van der Waals surface area contributed by atoms with Gasteiger partial charge in [-0.15, -0.1) is 0 Å². The fourth-order valence-electron chi connectivity index (χ4n) is 3.19. The smallest absolute Gasteiger partial charge is 0.244 e. The highest BCUT2D eigenvalue weighted by Crippen LogP contribution is 2.19. The Morgan fingerprint density at radius 3 is 2.83 bits per heavy atom. The van der Waals surface area contributed by atoms with Crippen LogP contribution in [0.15, 0.2) is 6.07 Å². The van der Waals surface area contributed by atoms with Crippen LogP contribution < -0.4 is 10.6 Å². The molecule has 1 unspecified atom stereocenters. The van der Waals surface area contributed by atoms with Crippen LogP contribution >= 0.6 is 0 Å². The molecule has 2 aliphatic rings. The Hall–Kier alpha value is -1.89. The largest absolute Gasteiger partial charge is 0.352 e. The Kier molecular flexibility index (Phi) is 5.18. The lowest BCUT2D eigenvalue weighted by molar-refractivity contribution is -0.141. The summed E-state index contributed by atoms with van der Waals surface area (Å²) >= 11 is 0. The van der Waals surface area contributed by atoms with Gasteiger partial charge in [-0.1, -0.05) is 0 Å². The first-order valence-corrected chi connectivity index (χ1v) is 8.86. The molecule has 7 heteroatoms. The Labute approximate surface area is 142 Å². The van der Waals surface area contributed by atoms with E-state index in [1.54, 1.807) is 4.90 Å². The van der Waals surface area contributed by atoms with E-state index in [-0.39, 0.29) is 17.9 Å². The van der Waals surface area contributed by atoms with Gasteiger partial charge in [0.2, 0.25) is 11.8 Å². The first kappa shape index (κ1) is 17.0. The van der Waals surface area contributed by atoms with Crippen molar-refractivity contribution >= 4 is 11.8 Å². The number of hydrogen-bond donors (Lipinski definition) is 2. The average molecular weight is 333 g/mol. The number of aryl methyl sites for hydroxylation is 3. The van der Waals surface area contributed by atoms with E-state index >= 15 is 0 Å². The van der Waals surface area contributed by atoms with E-state index in [2.05, 4.69) is 15.7 Å². The second-order valence-electron chi connectivity index (χ2n) is 6.84. The monoisotopic (exact) mass is 333 g/mol. The second kappa shape index (κ2) is 7.34. The van der Waals surface area contributed by atoms with Gasteiger partial charge >= 0.3 is 0 Å². The van der Waals surface area contributed by atoms with E-state index < -0.39 is 0 Å². The minimum atomic E-state index is -0.375. The van der Waals surface area contributed by atoms with Crippen LogP contribution in [0.3, 0.4) is 0 Å². The van der Waals surface area contributed by atoms with Crippen LogP contribution in [0.4, 0.5) is 0 Å². The summed E-state index contributed by atoms with van der Waals surface area (Å²) in [6, 6.07) is 1.99. The summed E-state index contributed by atoms with van der Waals surface area (Å²) in [6.45, 7) is 6.62. The quantitative estimate of drug-likeness (QED) is 0.788. The molecule has 132 valence electrons. The third-order valence-electron chi connectivity index (χ3n) is 4.65. The van der Waals surface area contributed by atoms with Crippen LogP contribution in [0.2, 0.25) is 0 Å². The first-order valence-electron chi connectivity index (χ1n) is 8.86. The van der Waals surface area contributed by atoms with Gasteiger partial charge in [-0.05, 0) is 39.2 Å². The molecule has 3 rings (SSSR count). The van der Waals surface area contributed by atoms with Gasteiger partial charge in [0.05, 0.1) is 5.69 Å².